The summed E-state index contributed by atoms with van der Waals surface area (Å²) in [5.41, 5.74) is 3.85. The molecule has 7 heteroatoms. The maximum Gasteiger partial charge on any atom is 0.224 e. The maximum atomic E-state index is 13.1. The zero-order valence-corrected chi connectivity index (χ0v) is 19.5. The Kier molecular flexibility index (Phi) is 7.43. The van der Waals surface area contributed by atoms with Crippen LogP contribution in [-0.2, 0) is 17.9 Å². The van der Waals surface area contributed by atoms with Gasteiger partial charge in [-0.3, -0.25) is 9.69 Å². The monoisotopic (exact) mass is 461 g/mol. The third-order valence-electron chi connectivity index (χ3n) is 6.15. The second kappa shape index (κ2) is 10.7. The van der Waals surface area contributed by atoms with Crippen LogP contribution >= 0.6 is 11.6 Å². The average molecular weight is 462 g/mol. The van der Waals surface area contributed by atoms with Crippen molar-refractivity contribution in [2.24, 2.45) is 5.92 Å². The number of carbonyl (C=O) groups is 1. The minimum Gasteiger partial charge on any atom is -0.348 e. The van der Waals surface area contributed by atoms with E-state index in [4.69, 9.17) is 16.9 Å². The summed E-state index contributed by atoms with van der Waals surface area (Å²) in [6.45, 7) is 5.17. The number of aromatic nitrogens is 2. The van der Waals surface area contributed by atoms with Crippen LogP contribution in [0.15, 0.2) is 61.1 Å². The van der Waals surface area contributed by atoms with E-state index in [0.29, 0.717) is 12.1 Å². The summed E-state index contributed by atoms with van der Waals surface area (Å²) < 4.78 is 2.04. The molecule has 6 nitrogen and oxygen atoms in total. The minimum atomic E-state index is -0.151. The number of amides is 1. The predicted octanol–water partition coefficient (Wildman–Crippen LogP) is 4.55. The molecule has 0 aliphatic carbocycles. The highest BCUT2D eigenvalue weighted by atomic mass is 35.5. The van der Waals surface area contributed by atoms with Crippen LogP contribution in [0.25, 0.3) is 0 Å². The smallest absolute Gasteiger partial charge is 0.224 e. The van der Waals surface area contributed by atoms with Crippen LogP contribution in [-0.4, -0.2) is 33.4 Å². The first-order valence-electron chi connectivity index (χ1n) is 11.3. The molecule has 3 aromatic rings. The van der Waals surface area contributed by atoms with E-state index in [0.717, 1.165) is 48.8 Å². The molecule has 0 bridgehead atoms. The van der Waals surface area contributed by atoms with Gasteiger partial charge in [0.05, 0.1) is 41.8 Å². The number of nitrogens with one attached hydrogen (secondary N) is 1. The van der Waals surface area contributed by atoms with Crippen LogP contribution in [0.2, 0.25) is 5.02 Å². The molecule has 0 saturated carbocycles. The summed E-state index contributed by atoms with van der Waals surface area (Å²) in [5.74, 6) is 0.0553. The zero-order chi connectivity index (χ0) is 23.2. The second-order valence-electron chi connectivity index (χ2n) is 8.69. The molecule has 2 atom stereocenters. The number of benzene rings is 2. The molecule has 1 amide bonds. The molecule has 170 valence electrons. The quantitative estimate of drug-likeness (QED) is 0.560. The number of hydrogen-bond donors (Lipinski definition) is 1. The number of imidazole rings is 1. The molecule has 0 radical (unpaired) electrons. The molecule has 1 fully saturated rings. The van der Waals surface area contributed by atoms with Gasteiger partial charge in [0.1, 0.15) is 0 Å². The predicted molar refractivity (Wildman–Crippen MR) is 128 cm³/mol. The average Bonchev–Trinajstić information content (AvgIpc) is 3.28. The van der Waals surface area contributed by atoms with E-state index in [1.165, 1.54) is 5.56 Å². The molecule has 1 saturated heterocycles. The summed E-state index contributed by atoms with van der Waals surface area (Å²) in [4.78, 5) is 19.7. The van der Waals surface area contributed by atoms with Crippen LogP contribution in [0.3, 0.4) is 0 Å². The number of piperidine rings is 1. The molecule has 1 unspecified atom stereocenters. The number of hydrogen-bond acceptors (Lipinski definition) is 4. The van der Waals surface area contributed by atoms with Crippen LogP contribution in [0, 0.1) is 17.2 Å². The molecule has 1 N–H and O–H groups in total. The van der Waals surface area contributed by atoms with Gasteiger partial charge in [0.25, 0.3) is 0 Å². The topological polar surface area (TPSA) is 74.0 Å². The molecule has 1 aliphatic heterocycles. The second-order valence-corrected chi connectivity index (χ2v) is 9.13. The van der Waals surface area contributed by atoms with Gasteiger partial charge < -0.3 is 9.88 Å². The Morgan fingerprint density at radius 2 is 2.06 bits per heavy atom. The Hall–Kier alpha value is -3.14. The first-order chi connectivity index (χ1) is 16.0. The van der Waals surface area contributed by atoms with Gasteiger partial charge in [-0.25, -0.2) is 4.98 Å². The molecule has 33 heavy (non-hydrogen) atoms. The Bertz CT molecular complexity index is 1130. The van der Waals surface area contributed by atoms with Gasteiger partial charge in [-0.1, -0.05) is 35.9 Å². The van der Waals surface area contributed by atoms with Gasteiger partial charge >= 0.3 is 0 Å². The van der Waals surface area contributed by atoms with Crippen LogP contribution in [0.1, 0.15) is 48.2 Å². The molecule has 1 aliphatic rings. The normalized spacial score (nSPS) is 17.3. The number of halogens is 1. The van der Waals surface area contributed by atoms with Crippen molar-refractivity contribution >= 4 is 17.5 Å². The molecule has 0 spiro atoms. The van der Waals surface area contributed by atoms with Crippen LogP contribution in [0.4, 0.5) is 0 Å². The number of nitriles is 1. The Balaban J connectivity index is 1.35. The third kappa shape index (κ3) is 6.01. The fourth-order valence-electron chi connectivity index (χ4n) is 4.42. The highest BCUT2D eigenvalue weighted by Crippen LogP contribution is 2.22. The summed E-state index contributed by atoms with van der Waals surface area (Å²) in [5, 5.41) is 12.9. The summed E-state index contributed by atoms with van der Waals surface area (Å²) >= 11 is 6.12. The van der Waals surface area contributed by atoms with E-state index in [-0.39, 0.29) is 17.9 Å². The SMILES string of the molecule is C[C@H](NC(=O)C1CCCN(Cc2cccc(Cl)c2)C1)c1cncn1Cc1ccc(C#N)cc1. The number of carbonyl (C=O) groups excluding carboxylic acids is 1. The highest BCUT2D eigenvalue weighted by molar-refractivity contribution is 6.30. The standard InChI is InChI=1S/C26H28ClN5O/c1-19(25-14-29-18-32(25)16-21-9-7-20(13-28)8-10-21)30-26(33)23-5-3-11-31(17-23)15-22-4-2-6-24(27)12-22/h2,4,6-10,12,14,18-19,23H,3,5,11,15-17H2,1H3,(H,30,33)/t19-,23?/m0/s1. The Morgan fingerprint density at radius 1 is 1.24 bits per heavy atom. The fraction of sp³-hybridized carbons (Fsp3) is 0.346. The minimum absolute atomic E-state index is 0.0321. The van der Waals surface area contributed by atoms with Gasteiger partial charge in [-0.2, -0.15) is 5.26 Å². The van der Waals surface area contributed by atoms with Crippen molar-refractivity contribution in [3.8, 4) is 6.07 Å². The lowest BCUT2D eigenvalue weighted by Gasteiger charge is -2.32. The van der Waals surface area contributed by atoms with Crippen molar-refractivity contribution in [2.75, 3.05) is 13.1 Å². The first-order valence-corrected chi connectivity index (χ1v) is 11.7. The van der Waals surface area contributed by atoms with E-state index in [2.05, 4.69) is 27.3 Å². The van der Waals surface area contributed by atoms with Crippen molar-refractivity contribution < 1.29 is 4.79 Å². The zero-order valence-electron chi connectivity index (χ0n) is 18.7. The largest absolute Gasteiger partial charge is 0.348 e. The molecular formula is C26H28ClN5O. The number of rotatable bonds is 7. The summed E-state index contributed by atoms with van der Waals surface area (Å²) in [7, 11) is 0. The molecule has 4 rings (SSSR count). The van der Waals surface area contributed by atoms with Crippen molar-refractivity contribution in [1.82, 2.24) is 19.8 Å². The molecule has 1 aromatic heterocycles. The summed E-state index contributed by atoms with van der Waals surface area (Å²) in [6, 6.07) is 17.4. The lowest BCUT2D eigenvalue weighted by molar-refractivity contribution is -0.127. The van der Waals surface area contributed by atoms with Crippen molar-refractivity contribution in [3.63, 3.8) is 0 Å². The van der Waals surface area contributed by atoms with Crippen molar-refractivity contribution in [3.05, 3.63) is 88.5 Å². The van der Waals surface area contributed by atoms with E-state index in [1.807, 2.05) is 54.0 Å². The van der Waals surface area contributed by atoms with Gasteiger partial charge in [-0.15, -0.1) is 0 Å². The van der Waals surface area contributed by atoms with Gasteiger partial charge in [-0.05, 0) is 61.7 Å². The highest BCUT2D eigenvalue weighted by Gasteiger charge is 2.27. The van der Waals surface area contributed by atoms with E-state index >= 15 is 0 Å². The first kappa shape index (κ1) is 23.0. The van der Waals surface area contributed by atoms with Crippen molar-refractivity contribution in [2.45, 2.75) is 38.9 Å². The maximum absolute atomic E-state index is 13.1. The van der Waals surface area contributed by atoms with E-state index in [9.17, 15) is 4.79 Å². The van der Waals surface area contributed by atoms with Crippen molar-refractivity contribution in [1.29, 1.82) is 5.26 Å². The van der Waals surface area contributed by atoms with Crippen LogP contribution < -0.4 is 5.32 Å². The molecule has 2 aromatic carbocycles. The number of likely N-dealkylation sites (tertiary alicyclic amines) is 1. The Morgan fingerprint density at radius 3 is 2.82 bits per heavy atom. The summed E-state index contributed by atoms with van der Waals surface area (Å²) in [6.07, 6.45) is 5.49. The van der Waals surface area contributed by atoms with E-state index < -0.39 is 0 Å². The van der Waals surface area contributed by atoms with Gasteiger partial charge in [0.15, 0.2) is 0 Å². The lowest BCUT2D eigenvalue weighted by atomic mass is 9.96. The Labute approximate surface area is 199 Å². The molecular weight excluding hydrogens is 434 g/mol. The fourth-order valence-corrected chi connectivity index (χ4v) is 4.63. The number of nitrogens with zero attached hydrogens (tertiary/aromatic N) is 4. The van der Waals surface area contributed by atoms with E-state index in [1.54, 1.807) is 12.5 Å². The third-order valence-corrected chi connectivity index (χ3v) is 6.39. The van der Waals surface area contributed by atoms with Crippen LogP contribution in [0.5, 0.6) is 0 Å². The molecule has 2 heterocycles. The lowest BCUT2D eigenvalue weighted by Crippen LogP contribution is -2.43. The van der Waals surface area contributed by atoms with Gasteiger partial charge in [0, 0.05) is 24.7 Å². The van der Waals surface area contributed by atoms with Gasteiger partial charge in [0.2, 0.25) is 5.91 Å².